The van der Waals surface area contributed by atoms with Crippen LogP contribution in [-0.2, 0) is 20.7 Å². The Hall–Kier alpha value is -4.45. The quantitative estimate of drug-likeness (QED) is 0.113. The number of alkyl carbamates (subject to hydrolysis) is 1. The lowest BCUT2D eigenvalue weighted by molar-refractivity contribution is -0.377. The third kappa shape index (κ3) is 9.08. The fourth-order valence-corrected chi connectivity index (χ4v) is 6.69. The van der Waals surface area contributed by atoms with Crippen LogP contribution in [0.15, 0.2) is 79.1 Å². The molecule has 1 amide bonds. The maximum Gasteiger partial charge on any atom is 0.407 e. The van der Waals surface area contributed by atoms with Gasteiger partial charge in [0.25, 0.3) is 0 Å². The molecule has 6 rings (SSSR count). The summed E-state index contributed by atoms with van der Waals surface area (Å²) in [7, 11) is 0. The number of hydrogen-bond acceptors (Lipinski definition) is 7. The Morgan fingerprint density at radius 2 is 1.59 bits per heavy atom. The van der Waals surface area contributed by atoms with E-state index in [0.29, 0.717) is 23.7 Å². The minimum atomic E-state index is -3.08. The van der Waals surface area contributed by atoms with Gasteiger partial charge in [0.15, 0.2) is 23.9 Å². The third-order valence-corrected chi connectivity index (χ3v) is 9.62. The van der Waals surface area contributed by atoms with Crippen molar-refractivity contribution in [2.24, 2.45) is 5.92 Å². The number of pyridine rings is 1. The van der Waals surface area contributed by atoms with Crippen LogP contribution < -0.4 is 19.8 Å². The number of aromatic nitrogens is 1. The van der Waals surface area contributed by atoms with Crippen molar-refractivity contribution in [2.45, 2.75) is 56.8 Å². The van der Waals surface area contributed by atoms with E-state index < -0.39 is 30.8 Å². The van der Waals surface area contributed by atoms with Crippen molar-refractivity contribution in [1.29, 1.82) is 0 Å². The Bertz CT molecular complexity index is 1790. The zero-order valence-corrected chi connectivity index (χ0v) is 29.0. The second-order valence-corrected chi connectivity index (χ2v) is 13.3. The molecular weight excluding hydrogens is 705 g/mol. The van der Waals surface area contributed by atoms with Gasteiger partial charge in [0.05, 0.1) is 6.61 Å². The normalized spacial score (nSPS) is 14.7. The average Bonchev–Trinajstić information content (AvgIpc) is 3.90. The first-order valence-corrected chi connectivity index (χ1v) is 17.5. The molecule has 2 atom stereocenters. The van der Waals surface area contributed by atoms with Crippen LogP contribution in [0.4, 0.5) is 13.6 Å². The van der Waals surface area contributed by atoms with Gasteiger partial charge in [-0.2, -0.15) is 8.78 Å². The predicted molar refractivity (Wildman–Crippen MR) is 185 cm³/mol. The van der Waals surface area contributed by atoms with Gasteiger partial charge in [-0.3, -0.25) is 0 Å². The number of esters is 1. The fraction of sp³-hybridized carbons (Fsp3) is 0.342. The molecule has 0 bridgehead atoms. The molecule has 0 saturated heterocycles. The summed E-state index contributed by atoms with van der Waals surface area (Å²) in [6.45, 7) is -2.98. The molecule has 0 spiro atoms. The number of benzene rings is 3. The summed E-state index contributed by atoms with van der Waals surface area (Å²) >= 11 is 12.9. The van der Waals surface area contributed by atoms with Crippen molar-refractivity contribution in [3.05, 3.63) is 111 Å². The molecule has 1 aromatic heterocycles. The van der Waals surface area contributed by atoms with Crippen molar-refractivity contribution in [3.63, 3.8) is 0 Å². The Labute approximate surface area is 303 Å². The number of rotatable bonds is 16. The van der Waals surface area contributed by atoms with Gasteiger partial charge in [0, 0.05) is 24.5 Å². The van der Waals surface area contributed by atoms with Crippen LogP contribution in [0.25, 0.3) is 11.1 Å². The monoisotopic (exact) mass is 741 g/mol. The maximum absolute atomic E-state index is 13.8. The van der Waals surface area contributed by atoms with E-state index >= 15 is 0 Å². The molecule has 0 aliphatic heterocycles. The van der Waals surface area contributed by atoms with Gasteiger partial charge >= 0.3 is 18.7 Å². The lowest BCUT2D eigenvalue weighted by Gasteiger charge is -2.24. The van der Waals surface area contributed by atoms with E-state index in [1.54, 1.807) is 0 Å². The van der Waals surface area contributed by atoms with Crippen LogP contribution in [0.5, 0.6) is 11.5 Å². The first kappa shape index (κ1) is 36.3. The first-order valence-electron chi connectivity index (χ1n) is 16.7. The van der Waals surface area contributed by atoms with Crippen LogP contribution in [-0.4, -0.2) is 49.6 Å². The summed E-state index contributed by atoms with van der Waals surface area (Å²) in [5.74, 6) is -0.793. The summed E-state index contributed by atoms with van der Waals surface area (Å²) in [4.78, 5) is 29.9. The van der Waals surface area contributed by atoms with Gasteiger partial charge < -0.3 is 29.4 Å². The topological polar surface area (TPSA) is 117 Å². The Balaban J connectivity index is 1.21. The van der Waals surface area contributed by atoms with Gasteiger partial charge in [-0.05, 0) is 71.6 Å². The summed E-state index contributed by atoms with van der Waals surface area (Å²) in [5, 5.41) is 12.8. The van der Waals surface area contributed by atoms with E-state index in [1.807, 2.05) is 48.5 Å². The number of H-pyrrole nitrogens is 1. The number of halogens is 4. The van der Waals surface area contributed by atoms with Gasteiger partial charge in [-0.1, -0.05) is 77.8 Å². The Kier molecular flexibility index (Phi) is 11.9. The van der Waals surface area contributed by atoms with E-state index in [2.05, 4.69) is 10.3 Å². The molecule has 1 fully saturated rings. The highest BCUT2D eigenvalue weighted by Gasteiger charge is 2.32. The lowest BCUT2D eigenvalue weighted by atomic mass is 9.98. The van der Waals surface area contributed by atoms with Gasteiger partial charge in [-0.15, -0.1) is 0 Å². The minimum Gasteiger partial charge on any atom is -0.489 e. The zero-order chi connectivity index (χ0) is 35.9. The number of ether oxygens (including phenoxy) is 4. The predicted octanol–water partition coefficient (Wildman–Crippen LogP) is 7.70. The summed E-state index contributed by atoms with van der Waals surface area (Å²) in [6, 6.07) is 18.9. The molecule has 2 aliphatic rings. The van der Waals surface area contributed by atoms with Gasteiger partial charge in [-0.25, -0.2) is 14.6 Å². The highest BCUT2D eigenvalue weighted by atomic mass is 35.5. The summed E-state index contributed by atoms with van der Waals surface area (Å²) < 4.78 is 48.8. The number of amides is 1. The van der Waals surface area contributed by atoms with Crippen molar-refractivity contribution >= 4 is 35.3 Å². The highest BCUT2D eigenvalue weighted by Crippen LogP contribution is 2.44. The number of carbonyl (C=O) groups excluding carboxylic acids is 2. The van der Waals surface area contributed by atoms with Gasteiger partial charge in [0.1, 0.15) is 28.8 Å². The number of carbonyl (C=O) groups is 2. The highest BCUT2D eigenvalue weighted by molar-refractivity contribution is 6.35. The molecule has 51 heavy (non-hydrogen) atoms. The first-order chi connectivity index (χ1) is 24.7. The number of nitrogens with one attached hydrogen (secondary N) is 2. The molecule has 1 heterocycles. The summed E-state index contributed by atoms with van der Waals surface area (Å²) in [6.07, 6.45) is 3.32. The molecule has 3 aromatic carbocycles. The zero-order valence-electron chi connectivity index (χ0n) is 27.5. The van der Waals surface area contributed by atoms with E-state index in [0.717, 1.165) is 35.1 Å². The SMILES string of the molecule is O=C(N[C@H](CCCO)C(=O)O[C@@H](Cc1c(Cl)c[nH+]cc1Cl)c1ccc(OC(F)F)c(OCC2CC2)c1)OCC1c2ccccc2-c2ccccc21. The minimum absolute atomic E-state index is 0.00708. The molecule has 13 heteroatoms. The van der Waals surface area contributed by atoms with Crippen LogP contribution in [0.2, 0.25) is 10.0 Å². The molecule has 2 aliphatic carbocycles. The smallest absolute Gasteiger partial charge is 0.407 e. The number of aromatic amines is 1. The van der Waals surface area contributed by atoms with Crippen LogP contribution in [0.3, 0.4) is 0 Å². The largest absolute Gasteiger partial charge is 0.489 e. The second kappa shape index (κ2) is 16.7. The number of fused-ring (bicyclic) bond motifs is 3. The van der Waals surface area contributed by atoms with E-state index in [4.69, 9.17) is 42.1 Å². The van der Waals surface area contributed by atoms with E-state index in [1.165, 1.54) is 30.6 Å². The number of aliphatic hydroxyl groups is 1. The molecule has 9 nitrogen and oxygen atoms in total. The number of hydrogen-bond donors (Lipinski definition) is 2. The molecule has 1 saturated carbocycles. The number of alkyl halides is 2. The van der Waals surface area contributed by atoms with Crippen LogP contribution >= 0.6 is 23.2 Å². The Morgan fingerprint density at radius 3 is 2.22 bits per heavy atom. The average molecular weight is 743 g/mol. The van der Waals surface area contributed by atoms with Crippen LogP contribution in [0.1, 0.15) is 60.0 Å². The van der Waals surface area contributed by atoms with Crippen LogP contribution in [0, 0.1) is 5.92 Å². The Morgan fingerprint density at radius 1 is 0.922 bits per heavy atom. The molecular formula is C38H37Cl2F2N2O7+. The molecule has 3 N–H and O–H groups in total. The molecule has 268 valence electrons. The van der Waals surface area contributed by atoms with Gasteiger partial charge in [0.2, 0.25) is 0 Å². The van der Waals surface area contributed by atoms with Crippen molar-refractivity contribution < 1.29 is 47.4 Å². The second-order valence-electron chi connectivity index (χ2n) is 12.5. The maximum atomic E-state index is 13.8. The molecule has 4 aromatic rings. The summed E-state index contributed by atoms with van der Waals surface area (Å²) in [5.41, 5.74) is 5.06. The number of aliphatic hydroxyl groups excluding tert-OH is 1. The van der Waals surface area contributed by atoms with Crippen molar-refractivity contribution in [2.75, 3.05) is 19.8 Å². The van der Waals surface area contributed by atoms with Crippen molar-refractivity contribution in [1.82, 2.24) is 5.32 Å². The molecule has 0 radical (unpaired) electrons. The lowest BCUT2D eigenvalue weighted by Crippen LogP contribution is -2.43. The van der Waals surface area contributed by atoms with E-state index in [-0.39, 0.29) is 59.9 Å². The third-order valence-electron chi connectivity index (χ3n) is 8.94. The molecule has 0 unspecified atom stereocenters. The van der Waals surface area contributed by atoms with E-state index in [9.17, 15) is 23.5 Å². The fourth-order valence-electron chi connectivity index (χ4n) is 6.16. The standard InChI is InChI=1S/C38H36Cl2F2N2O7/c39-30-18-43-19-31(40)28(30)17-34(23-13-14-33(51-37(41)42)35(16-23)48-20-22-11-12-22)50-36(46)32(10-5-15-45)44-38(47)49-21-29-26-8-3-1-6-24(26)25-7-2-4-9-27(25)29/h1-4,6-9,13-14,16,18-19,22,29,32,34,37,45H,5,10-12,15,17,20-21H2,(H,44,47)/p+1/t32-,34+/m1/s1. The van der Waals surface area contributed by atoms with Crippen molar-refractivity contribution in [3.8, 4) is 22.6 Å².